The minimum absolute atomic E-state index is 0.276. The number of carbonyl (C=O) groups excluding carboxylic acids is 1. The normalized spacial score (nSPS) is 10.9. The number of nitrogens with two attached hydrogens (primary N) is 1. The van der Waals surface area contributed by atoms with Crippen LogP contribution in [0.25, 0.3) is 0 Å². The van der Waals surface area contributed by atoms with Crippen molar-refractivity contribution >= 4 is 21.6 Å². The van der Waals surface area contributed by atoms with Gasteiger partial charge in [0.05, 0.1) is 4.90 Å². The van der Waals surface area contributed by atoms with Gasteiger partial charge in [-0.05, 0) is 24.3 Å². The number of sulfone groups is 1. The standard InChI is InChI=1S/C10H15N3O3S/c1-17(15,16)9-4-2-8(3-5-9)12-6-7-13-10(11)14/h2-5,12H,6-7H2,1H3,(H3,11,13,14). The fourth-order valence-electron chi connectivity index (χ4n) is 1.21. The van der Waals surface area contributed by atoms with Gasteiger partial charge in [-0.2, -0.15) is 0 Å². The predicted molar refractivity (Wildman–Crippen MR) is 65.6 cm³/mol. The molecule has 0 fully saturated rings. The Balaban J connectivity index is 2.49. The summed E-state index contributed by atoms with van der Waals surface area (Å²) in [5, 5.41) is 5.45. The van der Waals surface area contributed by atoms with Crippen LogP contribution in [0.1, 0.15) is 0 Å². The van der Waals surface area contributed by atoms with Crippen molar-refractivity contribution in [3.05, 3.63) is 24.3 Å². The molecule has 2 amide bonds. The minimum atomic E-state index is -3.16. The van der Waals surface area contributed by atoms with Crippen molar-refractivity contribution in [2.75, 3.05) is 24.7 Å². The van der Waals surface area contributed by atoms with E-state index in [1.807, 2.05) is 0 Å². The van der Waals surface area contributed by atoms with E-state index in [0.717, 1.165) is 11.9 Å². The molecular weight excluding hydrogens is 242 g/mol. The van der Waals surface area contributed by atoms with Crippen molar-refractivity contribution in [1.29, 1.82) is 0 Å². The van der Waals surface area contributed by atoms with E-state index >= 15 is 0 Å². The molecule has 0 bridgehead atoms. The average Bonchev–Trinajstić information content (AvgIpc) is 2.23. The van der Waals surface area contributed by atoms with E-state index in [2.05, 4.69) is 10.6 Å². The Morgan fingerprint density at radius 2 is 1.82 bits per heavy atom. The predicted octanol–water partition coefficient (Wildman–Crippen LogP) is 0.170. The van der Waals surface area contributed by atoms with E-state index in [9.17, 15) is 13.2 Å². The molecule has 0 aliphatic carbocycles. The molecular formula is C10H15N3O3S. The summed E-state index contributed by atoms with van der Waals surface area (Å²) in [7, 11) is -3.16. The molecule has 0 atom stereocenters. The second kappa shape index (κ2) is 5.53. The first kappa shape index (κ1) is 13.3. The lowest BCUT2D eigenvalue weighted by atomic mass is 10.3. The first-order valence-electron chi connectivity index (χ1n) is 4.97. The third kappa shape index (κ3) is 4.73. The number of hydrogen-bond acceptors (Lipinski definition) is 4. The molecule has 0 unspecified atom stereocenters. The van der Waals surface area contributed by atoms with Crippen molar-refractivity contribution < 1.29 is 13.2 Å². The van der Waals surface area contributed by atoms with E-state index in [1.54, 1.807) is 12.1 Å². The molecule has 0 aliphatic heterocycles. The molecule has 1 aromatic carbocycles. The van der Waals surface area contributed by atoms with Crippen LogP contribution in [0.3, 0.4) is 0 Å². The van der Waals surface area contributed by atoms with Crippen LogP contribution < -0.4 is 16.4 Å². The molecule has 0 heterocycles. The van der Waals surface area contributed by atoms with Gasteiger partial charge in [-0.25, -0.2) is 13.2 Å². The Kier molecular flexibility index (Phi) is 4.33. The van der Waals surface area contributed by atoms with Crippen LogP contribution in [0.15, 0.2) is 29.2 Å². The molecule has 94 valence electrons. The number of nitrogens with one attached hydrogen (secondary N) is 2. The summed E-state index contributed by atoms with van der Waals surface area (Å²) in [5.41, 5.74) is 5.68. The SMILES string of the molecule is CS(=O)(=O)c1ccc(NCCNC(N)=O)cc1. The fraction of sp³-hybridized carbons (Fsp3) is 0.300. The highest BCUT2D eigenvalue weighted by atomic mass is 32.2. The number of urea groups is 1. The highest BCUT2D eigenvalue weighted by Crippen LogP contribution is 2.13. The molecule has 0 spiro atoms. The molecule has 17 heavy (non-hydrogen) atoms. The zero-order valence-corrected chi connectivity index (χ0v) is 10.3. The lowest BCUT2D eigenvalue weighted by Crippen LogP contribution is -2.33. The topological polar surface area (TPSA) is 101 Å². The van der Waals surface area contributed by atoms with Crippen LogP contribution in [0.5, 0.6) is 0 Å². The van der Waals surface area contributed by atoms with Crippen molar-refractivity contribution in [1.82, 2.24) is 5.32 Å². The van der Waals surface area contributed by atoms with Gasteiger partial charge in [-0.3, -0.25) is 0 Å². The summed E-state index contributed by atoms with van der Waals surface area (Å²) in [4.78, 5) is 10.7. The molecule has 0 aliphatic rings. The summed E-state index contributed by atoms with van der Waals surface area (Å²) in [6.45, 7) is 0.921. The number of benzene rings is 1. The Morgan fingerprint density at radius 3 is 2.29 bits per heavy atom. The number of primary amides is 1. The van der Waals surface area contributed by atoms with E-state index in [4.69, 9.17) is 5.73 Å². The number of hydrogen-bond donors (Lipinski definition) is 3. The van der Waals surface area contributed by atoms with E-state index in [1.165, 1.54) is 12.1 Å². The van der Waals surface area contributed by atoms with Crippen molar-refractivity contribution in [3.8, 4) is 0 Å². The fourth-order valence-corrected chi connectivity index (χ4v) is 1.84. The molecule has 0 aromatic heterocycles. The van der Waals surface area contributed by atoms with Gasteiger partial charge >= 0.3 is 6.03 Å². The molecule has 1 aromatic rings. The van der Waals surface area contributed by atoms with E-state index in [-0.39, 0.29) is 4.90 Å². The second-order valence-corrected chi connectivity index (χ2v) is 5.53. The Labute approximate surface area is 100 Å². The number of rotatable bonds is 5. The van der Waals surface area contributed by atoms with Gasteiger partial charge < -0.3 is 16.4 Å². The molecule has 0 saturated carbocycles. The molecule has 0 saturated heterocycles. The molecule has 7 heteroatoms. The Hall–Kier alpha value is -1.76. The summed E-state index contributed by atoms with van der Waals surface area (Å²) in [6.07, 6.45) is 1.16. The van der Waals surface area contributed by atoms with Crippen LogP contribution in [0.2, 0.25) is 0 Å². The zero-order chi connectivity index (χ0) is 12.9. The van der Waals surface area contributed by atoms with Crippen molar-refractivity contribution in [3.63, 3.8) is 0 Å². The second-order valence-electron chi connectivity index (χ2n) is 3.51. The van der Waals surface area contributed by atoms with E-state index < -0.39 is 15.9 Å². The largest absolute Gasteiger partial charge is 0.383 e. The first-order valence-corrected chi connectivity index (χ1v) is 6.86. The number of amides is 2. The van der Waals surface area contributed by atoms with Crippen LogP contribution in [0.4, 0.5) is 10.5 Å². The quantitative estimate of drug-likeness (QED) is 0.654. The summed E-state index contributed by atoms with van der Waals surface area (Å²) < 4.78 is 22.4. The van der Waals surface area contributed by atoms with Gasteiger partial charge in [0.15, 0.2) is 9.84 Å². The van der Waals surface area contributed by atoms with Gasteiger partial charge in [0.25, 0.3) is 0 Å². The van der Waals surface area contributed by atoms with Gasteiger partial charge in [0, 0.05) is 25.0 Å². The van der Waals surface area contributed by atoms with Crippen molar-refractivity contribution in [2.24, 2.45) is 5.73 Å². The van der Waals surface area contributed by atoms with Crippen LogP contribution >= 0.6 is 0 Å². The Morgan fingerprint density at radius 1 is 1.24 bits per heavy atom. The maximum Gasteiger partial charge on any atom is 0.312 e. The van der Waals surface area contributed by atoms with E-state index in [0.29, 0.717) is 13.1 Å². The Bertz CT molecular complexity index is 482. The lowest BCUT2D eigenvalue weighted by molar-refractivity contribution is 0.249. The van der Waals surface area contributed by atoms with Gasteiger partial charge in [-0.1, -0.05) is 0 Å². The summed E-state index contributed by atoms with van der Waals surface area (Å²) >= 11 is 0. The van der Waals surface area contributed by atoms with Crippen molar-refractivity contribution in [2.45, 2.75) is 4.90 Å². The van der Waals surface area contributed by atoms with Crippen LogP contribution in [-0.2, 0) is 9.84 Å². The maximum absolute atomic E-state index is 11.2. The lowest BCUT2D eigenvalue weighted by Gasteiger charge is -2.07. The number of anilines is 1. The molecule has 1 rings (SSSR count). The number of carbonyl (C=O) groups is 1. The van der Waals surface area contributed by atoms with Crippen LogP contribution in [-0.4, -0.2) is 33.8 Å². The monoisotopic (exact) mass is 257 g/mol. The average molecular weight is 257 g/mol. The zero-order valence-electron chi connectivity index (χ0n) is 9.43. The van der Waals surface area contributed by atoms with Gasteiger partial charge in [-0.15, -0.1) is 0 Å². The highest BCUT2D eigenvalue weighted by Gasteiger charge is 2.05. The summed E-state index contributed by atoms with van der Waals surface area (Å²) in [5.74, 6) is 0. The van der Waals surface area contributed by atoms with Crippen LogP contribution in [0, 0.1) is 0 Å². The third-order valence-electron chi connectivity index (χ3n) is 2.04. The molecule has 6 nitrogen and oxygen atoms in total. The first-order chi connectivity index (χ1) is 7.89. The molecule has 0 radical (unpaired) electrons. The summed E-state index contributed by atoms with van der Waals surface area (Å²) in [6, 6.07) is 5.82. The molecule has 4 N–H and O–H groups in total. The minimum Gasteiger partial charge on any atom is -0.383 e. The third-order valence-corrected chi connectivity index (χ3v) is 3.16. The van der Waals surface area contributed by atoms with Gasteiger partial charge in [0.2, 0.25) is 0 Å². The smallest absolute Gasteiger partial charge is 0.312 e. The van der Waals surface area contributed by atoms with Gasteiger partial charge in [0.1, 0.15) is 0 Å². The highest BCUT2D eigenvalue weighted by molar-refractivity contribution is 7.90. The maximum atomic E-state index is 11.2.